The second-order valence-electron chi connectivity index (χ2n) is 5.84. The third-order valence-corrected chi connectivity index (χ3v) is 4.13. The predicted octanol–water partition coefficient (Wildman–Crippen LogP) is 2.91. The van der Waals surface area contributed by atoms with E-state index in [4.69, 9.17) is 5.73 Å². The van der Waals surface area contributed by atoms with Crippen LogP contribution in [0.2, 0.25) is 0 Å². The molecule has 0 spiro atoms. The highest BCUT2D eigenvalue weighted by atomic mass is 16.3. The monoisotopic (exact) mass is 336 g/mol. The Balaban J connectivity index is 1.91. The summed E-state index contributed by atoms with van der Waals surface area (Å²) in [4.78, 5) is 16.8. The second-order valence-corrected chi connectivity index (χ2v) is 5.84. The van der Waals surface area contributed by atoms with Gasteiger partial charge in [0.1, 0.15) is 5.75 Å². The minimum Gasteiger partial charge on any atom is -0.506 e. The number of phenolic OH excluding ortho intramolecular Hbond substituents is 1. The van der Waals surface area contributed by atoms with Gasteiger partial charge in [-0.25, -0.2) is 0 Å². The van der Waals surface area contributed by atoms with E-state index >= 15 is 0 Å². The molecule has 0 fully saturated rings. The molecule has 0 aliphatic rings. The van der Waals surface area contributed by atoms with Gasteiger partial charge in [0, 0.05) is 24.1 Å². The average Bonchev–Trinajstić information content (AvgIpc) is 2.92. The number of aromatic hydroxyl groups is 1. The van der Waals surface area contributed by atoms with Crippen LogP contribution < -0.4 is 11.1 Å². The minimum atomic E-state index is -0.279. The van der Waals surface area contributed by atoms with Gasteiger partial charge in [0.25, 0.3) is 5.91 Å². The van der Waals surface area contributed by atoms with Crippen LogP contribution in [0.15, 0.2) is 48.8 Å². The molecule has 0 saturated carbocycles. The average molecular weight is 336 g/mol. The van der Waals surface area contributed by atoms with Crippen LogP contribution in [0.4, 0.5) is 5.69 Å². The van der Waals surface area contributed by atoms with Gasteiger partial charge < -0.3 is 20.7 Å². The number of aromatic nitrogens is 2. The molecule has 0 radical (unpaired) electrons. The summed E-state index contributed by atoms with van der Waals surface area (Å²) >= 11 is 0. The molecule has 25 heavy (non-hydrogen) atoms. The number of rotatable bonds is 4. The molecule has 3 aromatic rings. The van der Waals surface area contributed by atoms with Gasteiger partial charge in [-0.3, -0.25) is 9.78 Å². The summed E-state index contributed by atoms with van der Waals surface area (Å²) in [5.41, 5.74) is 9.88. The topological polar surface area (TPSA) is 93.2 Å². The lowest BCUT2D eigenvalue weighted by Gasteiger charge is -2.10. The van der Waals surface area contributed by atoms with Crippen LogP contribution >= 0.6 is 0 Å². The summed E-state index contributed by atoms with van der Waals surface area (Å²) in [5, 5.41) is 12.8. The zero-order chi connectivity index (χ0) is 18.0. The van der Waals surface area contributed by atoms with Gasteiger partial charge in [0.15, 0.2) is 0 Å². The van der Waals surface area contributed by atoms with Crippen molar-refractivity contribution in [1.29, 1.82) is 0 Å². The lowest BCUT2D eigenvalue weighted by atomic mass is 10.1. The molecule has 0 bridgehead atoms. The van der Waals surface area contributed by atoms with Crippen LogP contribution in [0.25, 0.3) is 5.69 Å². The molecule has 0 unspecified atom stereocenters. The summed E-state index contributed by atoms with van der Waals surface area (Å²) in [6, 6.07) is 10.6. The summed E-state index contributed by atoms with van der Waals surface area (Å²) in [6.07, 6.45) is 3.46. The van der Waals surface area contributed by atoms with Crippen molar-refractivity contribution in [2.24, 2.45) is 5.73 Å². The fourth-order valence-electron chi connectivity index (χ4n) is 2.88. The Labute approximate surface area is 145 Å². The van der Waals surface area contributed by atoms with Gasteiger partial charge in [0.05, 0.1) is 23.1 Å². The van der Waals surface area contributed by atoms with E-state index in [9.17, 15) is 9.90 Å². The highest BCUT2D eigenvalue weighted by molar-refractivity contribution is 6.06. The van der Waals surface area contributed by atoms with Gasteiger partial charge in [-0.05, 0) is 49.7 Å². The lowest BCUT2D eigenvalue weighted by Crippen LogP contribution is -2.13. The summed E-state index contributed by atoms with van der Waals surface area (Å²) < 4.78 is 1.97. The molecule has 4 N–H and O–H groups in total. The molecule has 6 nitrogen and oxygen atoms in total. The maximum absolute atomic E-state index is 12.7. The molecule has 6 heteroatoms. The Morgan fingerprint density at radius 3 is 2.72 bits per heavy atom. The number of amides is 1. The zero-order valence-corrected chi connectivity index (χ0v) is 14.2. The maximum atomic E-state index is 12.7. The van der Waals surface area contributed by atoms with Crippen LogP contribution in [-0.4, -0.2) is 20.6 Å². The number of pyridine rings is 1. The molecule has 1 aromatic carbocycles. The van der Waals surface area contributed by atoms with Gasteiger partial charge >= 0.3 is 0 Å². The maximum Gasteiger partial charge on any atom is 0.257 e. The number of aryl methyl sites for hydroxylation is 1. The van der Waals surface area contributed by atoms with Crippen LogP contribution in [-0.2, 0) is 6.54 Å². The third kappa shape index (κ3) is 3.25. The fourth-order valence-corrected chi connectivity index (χ4v) is 2.88. The van der Waals surface area contributed by atoms with Crippen molar-refractivity contribution < 1.29 is 9.90 Å². The first kappa shape index (κ1) is 16.7. The molecule has 0 aliphatic carbocycles. The van der Waals surface area contributed by atoms with Crippen molar-refractivity contribution in [1.82, 2.24) is 9.55 Å². The van der Waals surface area contributed by atoms with Gasteiger partial charge in [-0.15, -0.1) is 0 Å². The van der Waals surface area contributed by atoms with E-state index in [2.05, 4.69) is 10.3 Å². The van der Waals surface area contributed by atoms with E-state index in [1.165, 1.54) is 0 Å². The largest absolute Gasteiger partial charge is 0.506 e. The number of anilines is 1. The highest BCUT2D eigenvalue weighted by Gasteiger charge is 2.18. The first-order valence-corrected chi connectivity index (χ1v) is 7.94. The van der Waals surface area contributed by atoms with E-state index < -0.39 is 0 Å². The molecule has 128 valence electrons. The van der Waals surface area contributed by atoms with Crippen molar-refractivity contribution in [3.05, 3.63) is 71.3 Å². The smallest absolute Gasteiger partial charge is 0.257 e. The lowest BCUT2D eigenvalue weighted by molar-refractivity contribution is 0.102. The van der Waals surface area contributed by atoms with Crippen LogP contribution in [0.5, 0.6) is 5.75 Å². The number of nitrogens with two attached hydrogens (primary N) is 1. The van der Waals surface area contributed by atoms with E-state index in [1.807, 2.05) is 36.6 Å². The van der Waals surface area contributed by atoms with Gasteiger partial charge in [-0.1, -0.05) is 6.07 Å². The zero-order valence-electron chi connectivity index (χ0n) is 14.2. The van der Waals surface area contributed by atoms with Crippen LogP contribution in [0, 0.1) is 13.8 Å². The number of carbonyl (C=O) groups excluding carboxylic acids is 1. The number of nitrogens with one attached hydrogen (secondary N) is 1. The van der Waals surface area contributed by atoms with Crippen molar-refractivity contribution in [3.63, 3.8) is 0 Å². The van der Waals surface area contributed by atoms with Gasteiger partial charge in [0.2, 0.25) is 0 Å². The summed E-state index contributed by atoms with van der Waals surface area (Å²) in [5.74, 6) is -0.281. The Kier molecular flexibility index (Phi) is 4.54. The quantitative estimate of drug-likeness (QED) is 0.639. The van der Waals surface area contributed by atoms with E-state index in [0.717, 1.165) is 22.6 Å². The molecule has 0 atom stereocenters. The summed E-state index contributed by atoms with van der Waals surface area (Å²) in [6.45, 7) is 4.14. The second kappa shape index (κ2) is 6.78. The minimum absolute atomic E-state index is 0.00244. The molecular weight excluding hydrogens is 316 g/mol. The molecular formula is C19H20N4O2. The van der Waals surface area contributed by atoms with E-state index in [1.54, 1.807) is 30.6 Å². The van der Waals surface area contributed by atoms with Crippen molar-refractivity contribution in [2.75, 3.05) is 5.32 Å². The third-order valence-electron chi connectivity index (χ3n) is 4.13. The predicted molar refractivity (Wildman–Crippen MR) is 97.0 cm³/mol. The number of hydrogen-bond acceptors (Lipinski definition) is 4. The molecule has 0 saturated heterocycles. The number of benzene rings is 1. The molecule has 1 amide bonds. The molecule has 2 aromatic heterocycles. The standard InChI is InChI=1S/C19H20N4O2/c1-12-8-16(13(2)23(12)15-4-3-7-21-11-15)19(25)22-17-6-5-14(10-20)9-18(17)24/h3-9,11,24H,10,20H2,1-2H3,(H,22,25). The number of carbonyl (C=O) groups is 1. The first-order chi connectivity index (χ1) is 12.0. The van der Waals surface area contributed by atoms with Crippen molar-refractivity contribution >= 4 is 11.6 Å². The molecule has 3 rings (SSSR count). The Morgan fingerprint density at radius 2 is 2.08 bits per heavy atom. The van der Waals surface area contributed by atoms with Crippen LogP contribution in [0.1, 0.15) is 27.3 Å². The van der Waals surface area contributed by atoms with Crippen LogP contribution in [0.3, 0.4) is 0 Å². The van der Waals surface area contributed by atoms with E-state index in [0.29, 0.717) is 17.8 Å². The number of phenols is 1. The fraction of sp³-hybridized carbons (Fsp3) is 0.158. The highest BCUT2D eigenvalue weighted by Crippen LogP contribution is 2.26. The first-order valence-electron chi connectivity index (χ1n) is 7.94. The molecule has 0 aliphatic heterocycles. The van der Waals surface area contributed by atoms with E-state index in [-0.39, 0.29) is 11.7 Å². The number of nitrogens with zero attached hydrogens (tertiary/aromatic N) is 2. The van der Waals surface area contributed by atoms with Crippen molar-refractivity contribution in [2.45, 2.75) is 20.4 Å². The molecule has 2 heterocycles. The normalized spacial score (nSPS) is 10.7. The van der Waals surface area contributed by atoms with Crippen molar-refractivity contribution in [3.8, 4) is 11.4 Å². The Morgan fingerprint density at radius 1 is 1.28 bits per heavy atom. The Bertz CT molecular complexity index is 917. The SMILES string of the molecule is Cc1cc(C(=O)Nc2ccc(CN)cc2O)c(C)n1-c1cccnc1. The Hall–Kier alpha value is -3.12. The summed E-state index contributed by atoms with van der Waals surface area (Å²) in [7, 11) is 0. The number of hydrogen-bond donors (Lipinski definition) is 3. The van der Waals surface area contributed by atoms with Gasteiger partial charge in [-0.2, -0.15) is 0 Å².